The molecule has 26 heavy (non-hydrogen) atoms. The van der Waals surface area contributed by atoms with Crippen molar-refractivity contribution >= 4 is 5.91 Å². The van der Waals surface area contributed by atoms with Crippen LogP contribution in [0, 0.1) is 0 Å². The Kier molecular flexibility index (Phi) is 8.42. The van der Waals surface area contributed by atoms with Crippen LogP contribution >= 0.6 is 0 Å². The molecule has 0 saturated carbocycles. The monoisotopic (exact) mass is 358 g/mol. The van der Waals surface area contributed by atoms with E-state index in [1.54, 1.807) is 19.4 Å². The zero-order chi connectivity index (χ0) is 18.6. The molecule has 1 amide bonds. The first-order valence-corrected chi connectivity index (χ1v) is 8.77. The number of aromatic nitrogens is 1. The lowest BCUT2D eigenvalue weighted by Gasteiger charge is -2.10. The lowest BCUT2D eigenvalue weighted by Crippen LogP contribution is -2.23. The Morgan fingerprint density at radius 1 is 1.12 bits per heavy atom. The van der Waals surface area contributed by atoms with Gasteiger partial charge in [-0.05, 0) is 30.5 Å². The van der Waals surface area contributed by atoms with Gasteiger partial charge in [-0.2, -0.15) is 0 Å². The second-order valence-electron chi connectivity index (χ2n) is 5.66. The van der Waals surface area contributed by atoms with Gasteiger partial charge in [0.2, 0.25) is 11.8 Å². The number of carbonyl (C=O) groups is 1. The third-order valence-electron chi connectivity index (χ3n) is 3.72. The molecule has 0 atom stereocenters. The van der Waals surface area contributed by atoms with Crippen molar-refractivity contribution in [2.24, 2.45) is 0 Å². The highest BCUT2D eigenvalue weighted by atomic mass is 16.5. The van der Waals surface area contributed by atoms with E-state index in [1.165, 1.54) is 0 Å². The maximum Gasteiger partial charge on any atom is 0.220 e. The predicted molar refractivity (Wildman–Crippen MR) is 99.4 cm³/mol. The number of amides is 1. The molecular formula is C20H26N2O4. The Bertz CT molecular complexity index is 674. The molecule has 0 aliphatic rings. The van der Waals surface area contributed by atoms with Crippen LogP contribution in [0.5, 0.6) is 11.6 Å². The van der Waals surface area contributed by atoms with Crippen molar-refractivity contribution < 1.29 is 19.0 Å². The summed E-state index contributed by atoms with van der Waals surface area (Å²) in [5.41, 5.74) is 1.97. The van der Waals surface area contributed by atoms with Crippen LogP contribution in [0.4, 0.5) is 0 Å². The fourth-order valence-electron chi connectivity index (χ4n) is 2.37. The van der Waals surface area contributed by atoms with E-state index in [2.05, 4.69) is 10.3 Å². The van der Waals surface area contributed by atoms with Crippen LogP contribution in [-0.2, 0) is 22.5 Å². The van der Waals surface area contributed by atoms with Crippen molar-refractivity contribution in [2.75, 3.05) is 26.9 Å². The van der Waals surface area contributed by atoms with E-state index < -0.39 is 0 Å². The highest BCUT2D eigenvalue weighted by Crippen LogP contribution is 2.19. The van der Waals surface area contributed by atoms with E-state index in [4.69, 9.17) is 14.2 Å². The third-order valence-corrected chi connectivity index (χ3v) is 3.72. The predicted octanol–water partition coefficient (Wildman–Crippen LogP) is 2.75. The van der Waals surface area contributed by atoms with E-state index in [0.717, 1.165) is 16.9 Å². The summed E-state index contributed by atoms with van der Waals surface area (Å²) in [6.07, 6.45) is 2.76. The lowest BCUT2D eigenvalue weighted by molar-refractivity contribution is -0.121. The van der Waals surface area contributed by atoms with Gasteiger partial charge in [-0.25, -0.2) is 4.98 Å². The molecule has 1 N–H and O–H groups in total. The largest absolute Gasteiger partial charge is 0.494 e. The summed E-state index contributed by atoms with van der Waals surface area (Å²) in [5.74, 6) is 1.39. The standard InChI is InChI=1S/C20H26N2O4/c1-3-25-18-7-5-4-6-17(18)9-10-19(23)21-14-16-8-11-20(22-15-16)26-13-12-24-2/h4-8,11,15H,3,9-10,12-14H2,1-2H3,(H,21,23). The van der Waals surface area contributed by atoms with Gasteiger partial charge in [0.25, 0.3) is 0 Å². The fraction of sp³-hybridized carbons (Fsp3) is 0.400. The van der Waals surface area contributed by atoms with Gasteiger partial charge in [0.05, 0.1) is 13.2 Å². The van der Waals surface area contributed by atoms with E-state index in [0.29, 0.717) is 45.1 Å². The Morgan fingerprint density at radius 3 is 2.69 bits per heavy atom. The number of aryl methyl sites for hydroxylation is 1. The summed E-state index contributed by atoms with van der Waals surface area (Å²) in [5, 5.41) is 2.91. The minimum absolute atomic E-state index is 0.00303. The molecule has 6 nitrogen and oxygen atoms in total. The van der Waals surface area contributed by atoms with Crippen LogP contribution in [0.3, 0.4) is 0 Å². The van der Waals surface area contributed by atoms with Crippen LogP contribution in [0.25, 0.3) is 0 Å². The number of hydrogen-bond donors (Lipinski definition) is 1. The topological polar surface area (TPSA) is 69.7 Å². The molecule has 0 fully saturated rings. The molecule has 0 saturated heterocycles. The van der Waals surface area contributed by atoms with E-state index >= 15 is 0 Å². The first-order valence-electron chi connectivity index (χ1n) is 8.77. The quantitative estimate of drug-likeness (QED) is 0.626. The molecule has 0 aliphatic heterocycles. The van der Waals surface area contributed by atoms with E-state index in [-0.39, 0.29) is 5.91 Å². The highest BCUT2D eigenvalue weighted by Gasteiger charge is 2.07. The number of ether oxygens (including phenoxy) is 3. The van der Waals surface area contributed by atoms with Gasteiger partial charge >= 0.3 is 0 Å². The van der Waals surface area contributed by atoms with Crippen molar-refractivity contribution in [3.8, 4) is 11.6 Å². The van der Waals surface area contributed by atoms with Crippen molar-refractivity contribution in [1.29, 1.82) is 0 Å². The van der Waals surface area contributed by atoms with Gasteiger partial charge in [0.1, 0.15) is 12.4 Å². The van der Waals surface area contributed by atoms with Crippen molar-refractivity contribution in [3.63, 3.8) is 0 Å². The summed E-state index contributed by atoms with van der Waals surface area (Å²) in [6, 6.07) is 11.5. The zero-order valence-corrected chi connectivity index (χ0v) is 15.4. The van der Waals surface area contributed by atoms with Crippen molar-refractivity contribution in [2.45, 2.75) is 26.3 Å². The van der Waals surface area contributed by atoms with Gasteiger partial charge in [-0.3, -0.25) is 4.79 Å². The average Bonchev–Trinajstić information content (AvgIpc) is 2.67. The average molecular weight is 358 g/mol. The number of pyridine rings is 1. The Labute approximate surface area is 154 Å². The van der Waals surface area contributed by atoms with Gasteiger partial charge in [-0.1, -0.05) is 24.3 Å². The normalized spacial score (nSPS) is 10.4. The molecular weight excluding hydrogens is 332 g/mol. The zero-order valence-electron chi connectivity index (χ0n) is 15.4. The molecule has 0 radical (unpaired) electrons. The number of hydrogen-bond acceptors (Lipinski definition) is 5. The molecule has 0 unspecified atom stereocenters. The number of nitrogens with one attached hydrogen (secondary N) is 1. The summed E-state index contributed by atoms with van der Waals surface area (Å²) in [4.78, 5) is 16.3. The van der Waals surface area contributed by atoms with Gasteiger partial charge in [0, 0.05) is 32.3 Å². The second kappa shape index (κ2) is 11.1. The number of methoxy groups -OCH3 is 1. The lowest BCUT2D eigenvalue weighted by atomic mass is 10.1. The van der Waals surface area contributed by atoms with Gasteiger partial charge in [-0.15, -0.1) is 0 Å². The smallest absolute Gasteiger partial charge is 0.220 e. The van der Waals surface area contributed by atoms with Crippen LogP contribution < -0.4 is 14.8 Å². The van der Waals surface area contributed by atoms with Crippen LogP contribution in [0.2, 0.25) is 0 Å². The molecule has 140 valence electrons. The molecule has 0 aliphatic carbocycles. The van der Waals surface area contributed by atoms with Crippen LogP contribution in [-0.4, -0.2) is 37.8 Å². The van der Waals surface area contributed by atoms with Crippen LogP contribution in [0.1, 0.15) is 24.5 Å². The Hall–Kier alpha value is -2.60. The summed E-state index contributed by atoms with van der Waals surface area (Å²) >= 11 is 0. The van der Waals surface area contributed by atoms with Gasteiger partial charge < -0.3 is 19.5 Å². The maximum absolute atomic E-state index is 12.1. The van der Waals surface area contributed by atoms with Crippen molar-refractivity contribution in [3.05, 3.63) is 53.7 Å². The molecule has 1 aromatic heterocycles. The number of rotatable bonds is 11. The molecule has 0 spiro atoms. The summed E-state index contributed by atoms with van der Waals surface area (Å²) in [7, 11) is 1.62. The molecule has 2 rings (SSSR count). The first-order chi connectivity index (χ1) is 12.7. The van der Waals surface area contributed by atoms with Gasteiger partial charge in [0.15, 0.2) is 0 Å². The SMILES string of the molecule is CCOc1ccccc1CCC(=O)NCc1ccc(OCCOC)nc1. The van der Waals surface area contributed by atoms with Crippen molar-refractivity contribution in [1.82, 2.24) is 10.3 Å². The number of benzene rings is 1. The Balaban J connectivity index is 1.75. The molecule has 6 heteroatoms. The number of nitrogens with zero attached hydrogens (tertiary/aromatic N) is 1. The number of para-hydroxylation sites is 1. The summed E-state index contributed by atoms with van der Waals surface area (Å²) in [6.45, 7) is 3.98. The maximum atomic E-state index is 12.1. The minimum Gasteiger partial charge on any atom is -0.494 e. The summed E-state index contributed by atoms with van der Waals surface area (Å²) < 4.78 is 15.9. The molecule has 1 aromatic carbocycles. The highest BCUT2D eigenvalue weighted by molar-refractivity contribution is 5.76. The molecule has 2 aromatic rings. The third kappa shape index (κ3) is 6.72. The van der Waals surface area contributed by atoms with E-state index in [9.17, 15) is 4.79 Å². The van der Waals surface area contributed by atoms with E-state index in [1.807, 2.05) is 37.3 Å². The fourth-order valence-corrected chi connectivity index (χ4v) is 2.37. The Morgan fingerprint density at radius 2 is 1.96 bits per heavy atom. The minimum atomic E-state index is -0.00303. The number of carbonyl (C=O) groups excluding carboxylic acids is 1. The second-order valence-corrected chi connectivity index (χ2v) is 5.66. The first kappa shape index (κ1) is 19.7. The molecule has 0 bridgehead atoms. The molecule has 1 heterocycles. The van der Waals surface area contributed by atoms with Crippen LogP contribution in [0.15, 0.2) is 42.6 Å².